The summed E-state index contributed by atoms with van der Waals surface area (Å²) in [5.74, 6) is 0.688. The summed E-state index contributed by atoms with van der Waals surface area (Å²) in [7, 11) is 3.12. The molecule has 124 valence electrons. The van der Waals surface area contributed by atoms with Gasteiger partial charge in [-0.3, -0.25) is 4.98 Å². The summed E-state index contributed by atoms with van der Waals surface area (Å²) >= 11 is 9.25. The molecule has 0 amide bonds. The highest BCUT2D eigenvalue weighted by molar-refractivity contribution is 9.10. The lowest BCUT2D eigenvalue weighted by atomic mass is 10.1. The fourth-order valence-corrected chi connectivity index (χ4v) is 2.92. The predicted molar refractivity (Wildman–Crippen MR) is 97.2 cm³/mol. The summed E-state index contributed by atoms with van der Waals surface area (Å²) in [6, 6.07) is 8.02. The highest BCUT2D eigenvalue weighted by Crippen LogP contribution is 2.39. The monoisotopic (exact) mass is 410 g/mol. The molecule has 0 unspecified atom stereocenters. The molecular weight excluding hydrogens is 399 g/mol. The van der Waals surface area contributed by atoms with Crippen LogP contribution in [0.5, 0.6) is 11.5 Å². The van der Waals surface area contributed by atoms with Crippen LogP contribution in [0.3, 0.4) is 0 Å². The normalized spacial score (nSPS) is 10.7. The van der Waals surface area contributed by atoms with E-state index in [9.17, 15) is 4.39 Å². The van der Waals surface area contributed by atoms with Crippen molar-refractivity contribution in [1.29, 1.82) is 0 Å². The van der Waals surface area contributed by atoms with Crippen molar-refractivity contribution in [3.63, 3.8) is 0 Å². The first-order chi connectivity index (χ1) is 11.5. The number of methoxy groups -OCH3 is 2. The SMILES string of the molecule is COc1cc2ncc(Br)c(Nc3ccc(Cl)cc3F)c2cc1OC. The van der Waals surface area contributed by atoms with Crippen LogP contribution in [0, 0.1) is 5.82 Å². The number of ether oxygens (including phenoxy) is 2. The Balaban J connectivity index is 2.17. The Hall–Kier alpha value is -2.05. The van der Waals surface area contributed by atoms with E-state index in [1.165, 1.54) is 6.07 Å². The largest absolute Gasteiger partial charge is 0.493 e. The molecule has 0 bridgehead atoms. The highest BCUT2D eigenvalue weighted by atomic mass is 79.9. The maximum atomic E-state index is 14.1. The number of aromatic nitrogens is 1. The van der Waals surface area contributed by atoms with Gasteiger partial charge in [-0.05, 0) is 40.2 Å². The van der Waals surface area contributed by atoms with Gasteiger partial charge in [0, 0.05) is 22.7 Å². The van der Waals surface area contributed by atoms with Crippen LogP contribution in [-0.2, 0) is 0 Å². The van der Waals surface area contributed by atoms with Gasteiger partial charge < -0.3 is 14.8 Å². The molecule has 7 heteroatoms. The Morgan fingerprint density at radius 1 is 1.12 bits per heavy atom. The molecule has 0 atom stereocenters. The molecule has 24 heavy (non-hydrogen) atoms. The fourth-order valence-electron chi connectivity index (χ4n) is 2.35. The lowest BCUT2D eigenvalue weighted by Crippen LogP contribution is -1.98. The van der Waals surface area contributed by atoms with Crippen LogP contribution < -0.4 is 14.8 Å². The molecule has 1 N–H and O–H groups in total. The van der Waals surface area contributed by atoms with Gasteiger partial charge >= 0.3 is 0 Å². The fraction of sp³-hybridized carbons (Fsp3) is 0.118. The topological polar surface area (TPSA) is 43.4 Å². The van der Waals surface area contributed by atoms with Crippen molar-refractivity contribution in [3.8, 4) is 11.5 Å². The van der Waals surface area contributed by atoms with E-state index in [1.807, 2.05) is 0 Å². The summed E-state index contributed by atoms with van der Waals surface area (Å²) in [5.41, 5.74) is 1.66. The number of rotatable bonds is 4. The second kappa shape index (κ2) is 6.83. The third-order valence-corrected chi connectivity index (χ3v) is 4.35. The molecule has 1 heterocycles. The van der Waals surface area contributed by atoms with E-state index in [4.69, 9.17) is 21.1 Å². The van der Waals surface area contributed by atoms with Gasteiger partial charge in [0.2, 0.25) is 0 Å². The summed E-state index contributed by atoms with van der Waals surface area (Å²) in [4.78, 5) is 4.37. The molecule has 0 saturated carbocycles. The maximum absolute atomic E-state index is 14.1. The molecule has 0 spiro atoms. The van der Waals surface area contributed by atoms with Gasteiger partial charge in [0.1, 0.15) is 5.82 Å². The zero-order chi connectivity index (χ0) is 17.3. The van der Waals surface area contributed by atoms with Crippen LogP contribution in [0.15, 0.2) is 41.0 Å². The molecule has 3 rings (SSSR count). The van der Waals surface area contributed by atoms with Crippen LogP contribution in [0.1, 0.15) is 0 Å². The summed E-state index contributed by atoms with van der Waals surface area (Å²) < 4.78 is 25.4. The Labute approximate surface area is 151 Å². The molecule has 0 radical (unpaired) electrons. The molecular formula is C17H13BrClFN2O2. The molecule has 0 saturated heterocycles. The summed E-state index contributed by atoms with van der Waals surface area (Å²) in [6.45, 7) is 0. The zero-order valence-corrected chi connectivity index (χ0v) is 15.2. The maximum Gasteiger partial charge on any atom is 0.162 e. The highest BCUT2D eigenvalue weighted by Gasteiger charge is 2.14. The number of nitrogens with one attached hydrogen (secondary N) is 1. The van der Waals surface area contributed by atoms with Crippen molar-refractivity contribution in [2.24, 2.45) is 0 Å². The standard InChI is InChI=1S/C17H13BrClFN2O2/c1-23-15-6-10-14(7-16(15)24-2)21-8-11(18)17(10)22-13-4-3-9(19)5-12(13)20/h3-8H,1-2H3,(H,21,22). The third-order valence-electron chi connectivity index (χ3n) is 3.52. The lowest BCUT2D eigenvalue weighted by molar-refractivity contribution is 0.356. The minimum absolute atomic E-state index is 0.308. The minimum atomic E-state index is -0.445. The number of halogens is 3. The summed E-state index contributed by atoms with van der Waals surface area (Å²) in [6.07, 6.45) is 1.64. The average Bonchev–Trinajstić information content (AvgIpc) is 2.58. The average molecular weight is 412 g/mol. The number of anilines is 2. The van der Waals surface area contributed by atoms with E-state index < -0.39 is 5.82 Å². The second-order valence-electron chi connectivity index (χ2n) is 4.95. The van der Waals surface area contributed by atoms with Crippen LogP contribution in [-0.4, -0.2) is 19.2 Å². The molecule has 0 aliphatic heterocycles. The molecule has 3 aromatic rings. The quantitative estimate of drug-likeness (QED) is 0.611. The predicted octanol–water partition coefficient (Wildman–Crippen LogP) is 5.55. The molecule has 0 aliphatic rings. The van der Waals surface area contributed by atoms with Gasteiger partial charge in [0.05, 0.1) is 35.6 Å². The smallest absolute Gasteiger partial charge is 0.162 e. The summed E-state index contributed by atoms with van der Waals surface area (Å²) in [5, 5.41) is 4.18. The van der Waals surface area contributed by atoms with Crippen molar-refractivity contribution < 1.29 is 13.9 Å². The van der Waals surface area contributed by atoms with Gasteiger partial charge in [0.25, 0.3) is 0 Å². The van der Waals surface area contributed by atoms with Gasteiger partial charge in [-0.15, -0.1) is 0 Å². The van der Waals surface area contributed by atoms with Gasteiger partial charge in [-0.2, -0.15) is 0 Å². The Kier molecular flexibility index (Phi) is 4.78. The van der Waals surface area contributed by atoms with E-state index in [-0.39, 0.29) is 0 Å². The van der Waals surface area contributed by atoms with E-state index >= 15 is 0 Å². The van der Waals surface area contributed by atoms with Gasteiger partial charge in [-0.1, -0.05) is 11.6 Å². The number of fused-ring (bicyclic) bond motifs is 1. The molecule has 2 aromatic carbocycles. The molecule has 1 aromatic heterocycles. The first-order valence-electron chi connectivity index (χ1n) is 6.95. The van der Waals surface area contributed by atoms with E-state index in [0.717, 1.165) is 5.39 Å². The first-order valence-corrected chi connectivity index (χ1v) is 8.13. The number of nitrogens with zero attached hydrogens (tertiary/aromatic N) is 1. The molecule has 4 nitrogen and oxygen atoms in total. The van der Waals surface area contributed by atoms with Gasteiger partial charge in [-0.25, -0.2) is 4.39 Å². The van der Waals surface area contributed by atoms with E-state index in [0.29, 0.717) is 37.9 Å². The van der Waals surface area contributed by atoms with Gasteiger partial charge in [0.15, 0.2) is 11.5 Å². The van der Waals surface area contributed by atoms with Crippen molar-refractivity contribution in [1.82, 2.24) is 4.98 Å². The van der Waals surface area contributed by atoms with Crippen molar-refractivity contribution in [3.05, 3.63) is 51.8 Å². The second-order valence-corrected chi connectivity index (χ2v) is 6.25. The lowest BCUT2D eigenvalue weighted by Gasteiger charge is -2.15. The van der Waals surface area contributed by atoms with E-state index in [1.54, 1.807) is 44.7 Å². The third kappa shape index (κ3) is 3.12. The van der Waals surface area contributed by atoms with Crippen LogP contribution in [0.4, 0.5) is 15.8 Å². The zero-order valence-electron chi connectivity index (χ0n) is 12.9. The minimum Gasteiger partial charge on any atom is -0.493 e. The van der Waals surface area contributed by atoms with Crippen LogP contribution >= 0.6 is 27.5 Å². The number of benzene rings is 2. The Bertz CT molecular complexity index is 921. The molecule has 0 aliphatic carbocycles. The van der Waals surface area contributed by atoms with Crippen molar-refractivity contribution >= 4 is 49.8 Å². The molecule has 0 fully saturated rings. The van der Waals surface area contributed by atoms with Crippen molar-refractivity contribution in [2.45, 2.75) is 0 Å². The van der Waals surface area contributed by atoms with Crippen LogP contribution in [0.25, 0.3) is 10.9 Å². The number of hydrogen-bond acceptors (Lipinski definition) is 4. The van der Waals surface area contributed by atoms with E-state index in [2.05, 4.69) is 26.2 Å². The van der Waals surface area contributed by atoms with Crippen LogP contribution in [0.2, 0.25) is 5.02 Å². The Morgan fingerprint density at radius 3 is 2.50 bits per heavy atom. The number of hydrogen-bond donors (Lipinski definition) is 1. The Morgan fingerprint density at radius 2 is 1.83 bits per heavy atom. The van der Waals surface area contributed by atoms with Crippen molar-refractivity contribution in [2.75, 3.05) is 19.5 Å². The first kappa shape index (κ1) is 16.8. The number of pyridine rings is 1.